The monoisotopic (exact) mass is 343 g/mol. The molecule has 134 valence electrons. The molecule has 1 unspecified atom stereocenters. The number of carbonyl (C=O) groups is 2. The second-order valence-corrected chi connectivity index (χ2v) is 7.10. The molecule has 3 aliphatic rings. The third-order valence-corrected chi connectivity index (χ3v) is 5.70. The molecule has 25 heavy (non-hydrogen) atoms. The second kappa shape index (κ2) is 6.67. The van der Waals surface area contributed by atoms with Crippen LogP contribution in [0.3, 0.4) is 0 Å². The van der Waals surface area contributed by atoms with E-state index < -0.39 is 5.54 Å². The molecular weight excluding hydrogens is 318 g/mol. The van der Waals surface area contributed by atoms with E-state index in [9.17, 15) is 9.59 Å². The lowest BCUT2D eigenvalue weighted by atomic mass is 9.86. The maximum Gasteiger partial charge on any atom is 0.254 e. The number of piperidine rings is 1. The second-order valence-electron chi connectivity index (χ2n) is 7.10. The van der Waals surface area contributed by atoms with Crippen LogP contribution in [0.25, 0.3) is 0 Å². The highest BCUT2D eigenvalue weighted by Crippen LogP contribution is 2.36. The largest absolute Gasteiger partial charge is 0.378 e. The number of rotatable bonds is 2. The summed E-state index contributed by atoms with van der Waals surface area (Å²) in [6, 6.07) is 7.78. The van der Waals surface area contributed by atoms with Crippen LogP contribution >= 0.6 is 0 Å². The Morgan fingerprint density at radius 2 is 1.76 bits per heavy atom. The first kappa shape index (κ1) is 16.4. The van der Waals surface area contributed by atoms with Gasteiger partial charge in [-0.2, -0.15) is 0 Å². The van der Waals surface area contributed by atoms with Crippen molar-refractivity contribution in [3.63, 3.8) is 0 Å². The first-order chi connectivity index (χ1) is 12.2. The molecule has 3 heterocycles. The summed E-state index contributed by atoms with van der Waals surface area (Å²) in [5.74, 6) is -0.00221. The molecule has 0 radical (unpaired) electrons. The van der Waals surface area contributed by atoms with E-state index in [1.54, 1.807) is 0 Å². The zero-order valence-electron chi connectivity index (χ0n) is 14.5. The molecule has 3 saturated heterocycles. The predicted octanol–water partition coefficient (Wildman–Crippen LogP) is 1.41. The topological polar surface area (TPSA) is 61.9 Å². The highest BCUT2D eigenvalue weighted by Gasteiger charge is 2.50. The van der Waals surface area contributed by atoms with Crippen LogP contribution < -0.4 is 10.2 Å². The van der Waals surface area contributed by atoms with Gasteiger partial charge in [-0.15, -0.1) is 0 Å². The number of nitrogens with one attached hydrogen (secondary N) is 1. The molecule has 4 rings (SSSR count). The van der Waals surface area contributed by atoms with Gasteiger partial charge in [0.2, 0.25) is 5.91 Å². The molecule has 1 aromatic carbocycles. The van der Waals surface area contributed by atoms with Gasteiger partial charge in [0, 0.05) is 37.4 Å². The van der Waals surface area contributed by atoms with Crippen molar-refractivity contribution in [3.8, 4) is 0 Å². The van der Waals surface area contributed by atoms with E-state index in [-0.39, 0.29) is 11.8 Å². The predicted molar refractivity (Wildman–Crippen MR) is 94.7 cm³/mol. The normalized spacial score (nSPS) is 26.8. The lowest BCUT2D eigenvalue weighted by molar-refractivity contribution is -0.133. The van der Waals surface area contributed by atoms with E-state index in [1.165, 1.54) is 0 Å². The Morgan fingerprint density at radius 1 is 1.04 bits per heavy atom. The van der Waals surface area contributed by atoms with Gasteiger partial charge in [-0.3, -0.25) is 9.59 Å². The number of benzene rings is 1. The smallest absolute Gasteiger partial charge is 0.254 e. The van der Waals surface area contributed by atoms with Crippen LogP contribution in [0.5, 0.6) is 0 Å². The van der Waals surface area contributed by atoms with Crippen molar-refractivity contribution in [2.75, 3.05) is 44.3 Å². The number of anilines is 1. The molecule has 0 bridgehead atoms. The average molecular weight is 343 g/mol. The van der Waals surface area contributed by atoms with Gasteiger partial charge in [0.1, 0.15) is 5.54 Å². The number of hydrogen-bond donors (Lipinski definition) is 1. The Morgan fingerprint density at radius 3 is 2.48 bits per heavy atom. The van der Waals surface area contributed by atoms with Crippen molar-refractivity contribution in [1.82, 2.24) is 10.2 Å². The highest BCUT2D eigenvalue weighted by molar-refractivity contribution is 6.00. The summed E-state index contributed by atoms with van der Waals surface area (Å²) < 4.78 is 5.38. The number of ether oxygens (including phenoxy) is 1. The van der Waals surface area contributed by atoms with Crippen molar-refractivity contribution < 1.29 is 14.3 Å². The lowest BCUT2D eigenvalue weighted by Gasteiger charge is -2.40. The minimum Gasteiger partial charge on any atom is -0.378 e. The van der Waals surface area contributed by atoms with Crippen LogP contribution in [0.1, 0.15) is 36.0 Å². The maximum absolute atomic E-state index is 13.1. The Hall–Kier alpha value is -2.08. The van der Waals surface area contributed by atoms with Crippen molar-refractivity contribution in [1.29, 1.82) is 0 Å². The minimum atomic E-state index is -0.627. The number of amides is 2. The number of hydrogen-bond acceptors (Lipinski definition) is 4. The summed E-state index contributed by atoms with van der Waals surface area (Å²) in [5.41, 5.74) is 1.15. The Labute approximate surface area is 148 Å². The summed E-state index contributed by atoms with van der Waals surface area (Å²) in [5, 5.41) is 2.95. The van der Waals surface area contributed by atoms with Gasteiger partial charge in [0.05, 0.1) is 13.2 Å². The molecule has 1 aromatic rings. The van der Waals surface area contributed by atoms with E-state index >= 15 is 0 Å². The molecule has 0 aliphatic carbocycles. The van der Waals surface area contributed by atoms with E-state index in [0.717, 1.165) is 64.2 Å². The number of likely N-dealkylation sites (tertiary alicyclic amines) is 1. The van der Waals surface area contributed by atoms with Gasteiger partial charge in [-0.05, 0) is 49.9 Å². The molecular formula is C19H25N3O3. The molecule has 0 saturated carbocycles. The zero-order chi connectivity index (χ0) is 17.3. The maximum atomic E-state index is 13.1. The van der Waals surface area contributed by atoms with Gasteiger partial charge < -0.3 is 19.9 Å². The summed E-state index contributed by atoms with van der Waals surface area (Å²) >= 11 is 0. The standard InChI is InChI=1S/C19H25N3O3/c23-17(22-10-2-8-19(22)7-1-9-20-18(19)24)15-3-5-16(6-4-15)21-11-13-25-14-12-21/h3-6H,1-2,7-14H2,(H,20,24). The van der Waals surface area contributed by atoms with Gasteiger partial charge in [0.25, 0.3) is 5.91 Å². The first-order valence-electron chi connectivity index (χ1n) is 9.24. The van der Waals surface area contributed by atoms with Crippen LogP contribution in [0.2, 0.25) is 0 Å². The van der Waals surface area contributed by atoms with E-state index in [1.807, 2.05) is 29.2 Å². The molecule has 3 aliphatic heterocycles. The molecule has 1 atom stereocenters. The zero-order valence-corrected chi connectivity index (χ0v) is 14.5. The highest BCUT2D eigenvalue weighted by atomic mass is 16.5. The summed E-state index contributed by atoms with van der Waals surface area (Å²) in [4.78, 5) is 29.6. The summed E-state index contributed by atoms with van der Waals surface area (Å²) in [7, 11) is 0. The number of carbonyl (C=O) groups excluding carboxylic acids is 2. The minimum absolute atomic E-state index is 0.0227. The average Bonchev–Trinajstić information content (AvgIpc) is 3.09. The number of nitrogens with zero attached hydrogens (tertiary/aromatic N) is 2. The fraction of sp³-hybridized carbons (Fsp3) is 0.579. The summed E-state index contributed by atoms with van der Waals surface area (Å²) in [6.45, 7) is 4.62. The molecule has 0 aromatic heterocycles. The Balaban J connectivity index is 1.53. The van der Waals surface area contributed by atoms with Crippen LogP contribution in [0.15, 0.2) is 24.3 Å². The van der Waals surface area contributed by atoms with Gasteiger partial charge in [-0.25, -0.2) is 0 Å². The van der Waals surface area contributed by atoms with Gasteiger partial charge in [-0.1, -0.05) is 0 Å². The Bertz CT molecular complexity index is 654. The van der Waals surface area contributed by atoms with E-state index in [2.05, 4.69) is 10.2 Å². The van der Waals surface area contributed by atoms with Gasteiger partial charge in [0.15, 0.2) is 0 Å². The van der Waals surface area contributed by atoms with Crippen molar-refractivity contribution >= 4 is 17.5 Å². The van der Waals surface area contributed by atoms with Crippen LogP contribution in [0, 0.1) is 0 Å². The quantitative estimate of drug-likeness (QED) is 0.882. The summed E-state index contributed by atoms with van der Waals surface area (Å²) in [6.07, 6.45) is 3.38. The molecule has 2 amide bonds. The van der Waals surface area contributed by atoms with Gasteiger partial charge >= 0.3 is 0 Å². The molecule has 1 spiro atoms. The van der Waals surface area contributed by atoms with Crippen molar-refractivity contribution in [2.45, 2.75) is 31.2 Å². The van der Waals surface area contributed by atoms with Crippen molar-refractivity contribution in [3.05, 3.63) is 29.8 Å². The number of morpholine rings is 1. The van der Waals surface area contributed by atoms with Crippen LogP contribution in [-0.4, -0.2) is 61.6 Å². The van der Waals surface area contributed by atoms with Crippen LogP contribution in [-0.2, 0) is 9.53 Å². The fourth-order valence-electron chi connectivity index (χ4n) is 4.32. The molecule has 3 fully saturated rings. The lowest BCUT2D eigenvalue weighted by Crippen LogP contribution is -2.60. The fourth-order valence-corrected chi connectivity index (χ4v) is 4.32. The van der Waals surface area contributed by atoms with Crippen molar-refractivity contribution in [2.24, 2.45) is 0 Å². The molecule has 6 nitrogen and oxygen atoms in total. The van der Waals surface area contributed by atoms with E-state index in [4.69, 9.17) is 4.74 Å². The molecule has 1 N–H and O–H groups in total. The third kappa shape index (κ3) is 2.88. The van der Waals surface area contributed by atoms with E-state index in [0.29, 0.717) is 12.1 Å². The molecule has 6 heteroatoms. The third-order valence-electron chi connectivity index (χ3n) is 5.70. The Kier molecular flexibility index (Phi) is 4.37. The van der Waals surface area contributed by atoms with Crippen LogP contribution in [0.4, 0.5) is 5.69 Å². The first-order valence-corrected chi connectivity index (χ1v) is 9.24. The SMILES string of the molecule is O=C(c1ccc(N2CCOCC2)cc1)N1CCCC12CCCNC2=O.